The van der Waals surface area contributed by atoms with Crippen molar-refractivity contribution in [3.05, 3.63) is 53.5 Å². The number of nitrogens with zero attached hydrogens (tertiary/aromatic N) is 5. The first-order chi connectivity index (χ1) is 15.3. The summed E-state index contributed by atoms with van der Waals surface area (Å²) in [5, 5.41) is 30.8. The summed E-state index contributed by atoms with van der Waals surface area (Å²) in [6.45, 7) is 6.58. The number of benzene rings is 1. The van der Waals surface area contributed by atoms with Gasteiger partial charge in [-0.15, -0.1) is 0 Å². The van der Waals surface area contributed by atoms with E-state index in [1.54, 1.807) is 31.6 Å². The van der Waals surface area contributed by atoms with Crippen LogP contribution in [0.4, 0.5) is 5.95 Å². The SMILES string of the molecule is Cc1ccc(O)c(C)c1-c1cnc2[nH]c(-c3cnc(N4CC(C)(O)C4)nc3)cc2c1C#N. The summed E-state index contributed by atoms with van der Waals surface area (Å²) in [4.78, 5) is 18.6. The molecule has 1 fully saturated rings. The van der Waals surface area contributed by atoms with Crippen LogP contribution in [0.1, 0.15) is 23.6 Å². The zero-order valence-corrected chi connectivity index (χ0v) is 18.0. The minimum absolute atomic E-state index is 0.185. The lowest BCUT2D eigenvalue weighted by atomic mass is 9.92. The molecular weight excluding hydrogens is 404 g/mol. The van der Waals surface area contributed by atoms with E-state index in [0.717, 1.165) is 22.4 Å². The molecule has 3 N–H and O–H groups in total. The van der Waals surface area contributed by atoms with Gasteiger partial charge in [-0.2, -0.15) is 5.26 Å². The molecule has 8 nitrogen and oxygen atoms in total. The van der Waals surface area contributed by atoms with Crippen LogP contribution in [0.3, 0.4) is 0 Å². The minimum Gasteiger partial charge on any atom is -0.508 e. The van der Waals surface area contributed by atoms with Gasteiger partial charge in [-0.05, 0) is 49.6 Å². The lowest BCUT2D eigenvalue weighted by Gasteiger charge is -2.44. The fraction of sp³-hybridized carbons (Fsp3) is 0.250. The van der Waals surface area contributed by atoms with Crippen LogP contribution < -0.4 is 4.90 Å². The van der Waals surface area contributed by atoms with Gasteiger partial charge in [0.2, 0.25) is 5.95 Å². The Hall–Kier alpha value is -3.96. The van der Waals surface area contributed by atoms with E-state index < -0.39 is 5.60 Å². The van der Waals surface area contributed by atoms with Crippen molar-refractivity contribution in [2.75, 3.05) is 18.0 Å². The van der Waals surface area contributed by atoms with E-state index in [2.05, 4.69) is 26.0 Å². The van der Waals surface area contributed by atoms with Crippen molar-refractivity contribution in [3.63, 3.8) is 0 Å². The first kappa shape index (κ1) is 20.0. The van der Waals surface area contributed by atoms with Gasteiger partial charge in [-0.1, -0.05) is 6.07 Å². The molecule has 1 aliphatic heterocycles. The van der Waals surface area contributed by atoms with Crippen molar-refractivity contribution in [1.82, 2.24) is 19.9 Å². The maximum atomic E-state index is 10.2. The molecular formula is C24H22N6O2. The third-order valence-electron chi connectivity index (χ3n) is 5.98. The first-order valence-corrected chi connectivity index (χ1v) is 10.3. The minimum atomic E-state index is -0.692. The largest absolute Gasteiger partial charge is 0.508 e. The third-order valence-corrected chi connectivity index (χ3v) is 5.98. The number of H-pyrrole nitrogens is 1. The number of phenols is 1. The molecule has 0 radical (unpaired) electrons. The number of aromatic hydroxyl groups is 1. The van der Waals surface area contributed by atoms with Crippen LogP contribution in [0.15, 0.2) is 36.8 Å². The Morgan fingerprint density at radius 1 is 1.12 bits per heavy atom. The van der Waals surface area contributed by atoms with E-state index in [0.29, 0.717) is 46.8 Å². The molecule has 0 saturated carbocycles. The Labute approximate surface area is 184 Å². The summed E-state index contributed by atoms with van der Waals surface area (Å²) >= 11 is 0. The Balaban J connectivity index is 1.56. The number of aromatic nitrogens is 4. The number of aromatic amines is 1. The zero-order chi connectivity index (χ0) is 22.6. The van der Waals surface area contributed by atoms with Crippen LogP contribution in [-0.4, -0.2) is 48.8 Å². The highest BCUT2D eigenvalue weighted by molar-refractivity contribution is 5.94. The van der Waals surface area contributed by atoms with Crippen LogP contribution in [0, 0.1) is 25.2 Å². The van der Waals surface area contributed by atoms with E-state index in [-0.39, 0.29) is 5.75 Å². The summed E-state index contributed by atoms with van der Waals surface area (Å²) in [5.41, 5.74) is 5.11. The second kappa shape index (κ2) is 7.04. The van der Waals surface area contributed by atoms with Gasteiger partial charge in [0.15, 0.2) is 0 Å². The summed E-state index contributed by atoms with van der Waals surface area (Å²) in [7, 11) is 0. The molecule has 5 rings (SSSR count). The highest BCUT2D eigenvalue weighted by atomic mass is 16.3. The van der Waals surface area contributed by atoms with Gasteiger partial charge < -0.3 is 20.1 Å². The molecule has 0 unspecified atom stereocenters. The number of anilines is 1. The monoisotopic (exact) mass is 426 g/mol. The lowest BCUT2D eigenvalue weighted by molar-refractivity contribution is 0.0300. The number of nitriles is 1. The molecule has 1 aliphatic rings. The van der Waals surface area contributed by atoms with Crippen molar-refractivity contribution >= 4 is 17.0 Å². The summed E-state index contributed by atoms with van der Waals surface area (Å²) in [6, 6.07) is 7.69. The van der Waals surface area contributed by atoms with Crippen LogP contribution in [-0.2, 0) is 0 Å². The van der Waals surface area contributed by atoms with Gasteiger partial charge in [0.05, 0.1) is 29.9 Å². The van der Waals surface area contributed by atoms with Gasteiger partial charge in [-0.25, -0.2) is 15.0 Å². The summed E-state index contributed by atoms with van der Waals surface area (Å²) in [5.74, 6) is 0.759. The number of rotatable bonds is 3. The number of hydrogen-bond donors (Lipinski definition) is 3. The smallest absolute Gasteiger partial charge is 0.225 e. The molecule has 8 heteroatoms. The predicted molar refractivity (Wildman–Crippen MR) is 121 cm³/mol. The second-order valence-electron chi connectivity index (χ2n) is 8.63. The molecule has 0 aliphatic carbocycles. The van der Waals surface area contributed by atoms with Gasteiger partial charge in [0.1, 0.15) is 17.5 Å². The Bertz CT molecular complexity index is 1390. The fourth-order valence-corrected chi connectivity index (χ4v) is 4.33. The lowest BCUT2D eigenvalue weighted by Crippen LogP contribution is -2.60. The van der Waals surface area contributed by atoms with E-state index in [9.17, 15) is 15.5 Å². The zero-order valence-electron chi connectivity index (χ0n) is 18.0. The topological polar surface area (TPSA) is 122 Å². The van der Waals surface area contributed by atoms with E-state index in [4.69, 9.17) is 0 Å². The Morgan fingerprint density at radius 3 is 2.50 bits per heavy atom. The van der Waals surface area contributed by atoms with Crippen LogP contribution in [0.2, 0.25) is 0 Å². The highest BCUT2D eigenvalue weighted by Crippen LogP contribution is 2.37. The second-order valence-corrected chi connectivity index (χ2v) is 8.63. The molecule has 1 aromatic carbocycles. The molecule has 0 spiro atoms. The van der Waals surface area contributed by atoms with E-state index in [1.165, 1.54) is 0 Å². The summed E-state index contributed by atoms with van der Waals surface area (Å²) in [6.07, 6.45) is 5.11. The molecule has 3 aromatic heterocycles. The number of pyridine rings is 1. The number of nitrogens with one attached hydrogen (secondary N) is 1. The maximum Gasteiger partial charge on any atom is 0.225 e. The van der Waals surface area contributed by atoms with E-state index in [1.807, 2.05) is 30.9 Å². The average Bonchev–Trinajstić information content (AvgIpc) is 3.19. The fourth-order valence-electron chi connectivity index (χ4n) is 4.33. The predicted octanol–water partition coefficient (Wildman–Crippen LogP) is 3.45. The van der Waals surface area contributed by atoms with Crippen molar-refractivity contribution in [3.8, 4) is 34.2 Å². The molecule has 0 bridgehead atoms. The summed E-state index contributed by atoms with van der Waals surface area (Å²) < 4.78 is 0. The third kappa shape index (κ3) is 3.15. The standard InChI is InChI=1S/C24H22N6O2/c1-13-4-5-20(31)14(2)21(13)18-10-26-22-16(17(18)7-25)6-19(29-22)15-8-27-23(28-9-15)30-11-24(3,32)12-30/h4-6,8-10,31-32H,11-12H2,1-3H3,(H,26,29). The maximum absolute atomic E-state index is 10.2. The van der Waals surface area contributed by atoms with Gasteiger partial charge in [0, 0.05) is 35.1 Å². The number of phenolic OH excluding ortho intramolecular Hbond substituents is 1. The van der Waals surface area contributed by atoms with E-state index >= 15 is 0 Å². The van der Waals surface area contributed by atoms with Crippen LogP contribution in [0.5, 0.6) is 5.75 Å². The highest BCUT2D eigenvalue weighted by Gasteiger charge is 2.37. The average molecular weight is 426 g/mol. The van der Waals surface area contributed by atoms with Crippen LogP contribution >= 0.6 is 0 Å². The number of fused-ring (bicyclic) bond motifs is 1. The first-order valence-electron chi connectivity index (χ1n) is 10.3. The quantitative estimate of drug-likeness (QED) is 0.459. The van der Waals surface area contributed by atoms with Crippen molar-refractivity contribution in [2.24, 2.45) is 0 Å². The molecule has 4 aromatic rings. The molecule has 0 amide bonds. The van der Waals surface area contributed by atoms with Gasteiger partial charge in [0.25, 0.3) is 0 Å². The molecule has 0 atom stereocenters. The number of aryl methyl sites for hydroxylation is 1. The van der Waals surface area contributed by atoms with Crippen molar-refractivity contribution < 1.29 is 10.2 Å². The van der Waals surface area contributed by atoms with Crippen molar-refractivity contribution in [2.45, 2.75) is 26.4 Å². The molecule has 1 saturated heterocycles. The molecule has 160 valence electrons. The van der Waals surface area contributed by atoms with Crippen molar-refractivity contribution in [1.29, 1.82) is 5.26 Å². The van der Waals surface area contributed by atoms with Gasteiger partial charge in [-0.3, -0.25) is 0 Å². The Kier molecular flexibility index (Phi) is 4.39. The normalized spacial score (nSPS) is 14.9. The molecule has 32 heavy (non-hydrogen) atoms. The van der Waals surface area contributed by atoms with Gasteiger partial charge >= 0.3 is 0 Å². The number of β-amino-alcohol motifs (C(OH)–C–C–N with tert-alkyl or cyclic N) is 1. The number of hydrogen-bond acceptors (Lipinski definition) is 7. The molecule has 4 heterocycles. The van der Waals surface area contributed by atoms with Crippen LogP contribution in [0.25, 0.3) is 33.4 Å². The number of aliphatic hydroxyl groups is 1. The Morgan fingerprint density at radius 2 is 1.84 bits per heavy atom.